The lowest BCUT2D eigenvalue weighted by molar-refractivity contribution is 0.101. The molecule has 0 amide bonds. The summed E-state index contributed by atoms with van der Waals surface area (Å²) < 4.78 is 22.8. The van der Waals surface area contributed by atoms with Crippen molar-refractivity contribution in [3.63, 3.8) is 0 Å². The highest BCUT2D eigenvalue weighted by Crippen LogP contribution is 2.23. The molecule has 0 unspecified atom stereocenters. The highest BCUT2D eigenvalue weighted by Gasteiger charge is 2.08. The van der Waals surface area contributed by atoms with E-state index in [9.17, 15) is 13.2 Å². The molecule has 0 aromatic heterocycles. The fourth-order valence-electron chi connectivity index (χ4n) is 1.89. The Morgan fingerprint density at radius 2 is 1.62 bits per heavy atom. The van der Waals surface area contributed by atoms with Crippen LogP contribution in [0.1, 0.15) is 17.3 Å². The largest absolute Gasteiger partial charge is 0.398 e. The summed E-state index contributed by atoms with van der Waals surface area (Å²) in [5.41, 5.74) is 8.05. The molecule has 0 heterocycles. The second kappa shape index (κ2) is 5.57. The Bertz CT molecular complexity index is 781. The fraction of sp³-hybridized carbons (Fsp3) is 0.133. The first-order valence-corrected chi connectivity index (χ1v) is 8.14. The van der Waals surface area contributed by atoms with Crippen LogP contribution in [-0.2, 0) is 9.84 Å². The first kappa shape index (κ1) is 15.1. The van der Waals surface area contributed by atoms with E-state index in [0.29, 0.717) is 16.9 Å². The first-order chi connectivity index (χ1) is 9.77. The molecule has 2 aromatic carbocycles. The summed E-state index contributed by atoms with van der Waals surface area (Å²) in [5, 5.41) is 3.10. The van der Waals surface area contributed by atoms with Crippen molar-refractivity contribution in [2.24, 2.45) is 0 Å². The Labute approximate surface area is 123 Å². The van der Waals surface area contributed by atoms with E-state index < -0.39 is 9.84 Å². The lowest BCUT2D eigenvalue weighted by atomic mass is 10.1. The van der Waals surface area contributed by atoms with Gasteiger partial charge < -0.3 is 11.1 Å². The third-order valence-corrected chi connectivity index (χ3v) is 4.13. The number of hydrogen-bond acceptors (Lipinski definition) is 5. The van der Waals surface area contributed by atoms with E-state index in [1.165, 1.54) is 19.1 Å². The highest BCUT2D eigenvalue weighted by atomic mass is 32.2. The zero-order valence-corrected chi connectivity index (χ0v) is 12.6. The summed E-state index contributed by atoms with van der Waals surface area (Å²) >= 11 is 0. The predicted molar refractivity (Wildman–Crippen MR) is 83.7 cm³/mol. The number of carbonyl (C=O) groups excluding carboxylic acids is 1. The minimum atomic E-state index is -3.20. The topological polar surface area (TPSA) is 89.3 Å². The Hall–Kier alpha value is -2.34. The van der Waals surface area contributed by atoms with Gasteiger partial charge >= 0.3 is 0 Å². The minimum Gasteiger partial charge on any atom is -0.398 e. The van der Waals surface area contributed by atoms with Crippen LogP contribution in [-0.4, -0.2) is 20.5 Å². The number of nitrogen functional groups attached to an aromatic ring is 1. The van der Waals surface area contributed by atoms with Crippen LogP contribution < -0.4 is 11.1 Å². The van der Waals surface area contributed by atoms with E-state index in [1.54, 1.807) is 30.3 Å². The average Bonchev–Trinajstić information content (AvgIpc) is 2.40. The molecular weight excluding hydrogens is 288 g/mol. The zero-order chi connectivity index (χ0) is 15.6. The summed E-state index contributed by atoms with van der Waals surface area (Å²) in [6.45, 7) is 1.45. The third kappa shape index (κ3) is 3.61. The van der Waals surface area contributed by atoms with Crippen LogP contribution in [0.15, 0.2) is 47.4 Å². The van der Waals surface area contributed by atoms with Gasteiger partial charge in [-0.25, -0.2) is 8.42 Å². The number of Topliss-reactive ketones (excluding diaryl/α,β-unsaturated/α-hetero) is 1. The van der Waals surface area contributed by atoms with Gasteiger partial charge in [-0.3, -0.25) is 4.79 Å². The van der Waals surface area contributed by atoms with Crippen molar-refractivity contribution in [1.29, 1.82) is 0 Å². The molecular formula is C15H16N2O3S. The monoisotopic (exact) mass is 304 g/mol. The number of nitrogens with two attached hydrogens (primary N) is 1. The molecule has 0 aliphatic carbocycles. The standard InChI is InChI=1S/C15H16N2O3S/c1-10(18)14-9-12(5-8-15(14)16)17-11-3-6-13(7-4-11)21(2,19)20/h3-9,17H,16H2,1-2H3. The Balaban J connectivity index is 2.26. The van der Waals surface area contributed by atoms with Crippen molar-refractivity contribution in [2.75, 3.05) is 17.3 Å². The van der Waals surface area contributed by atoms with Crippen molar-refractivity contribution >= 4 is 32.7 Å². The molecule has 0 saturated carbocycles. The van der Waals surface area contributed by atoms with Gasteiger partial charge in [0.1, 0.15) is 0 Å². The molecule has 0 atom stereocenters. The average molecular weight is 304 g/mol. The molecule has 5 nitrogen and oxygen atoms in total. The first-order valence-electron chi connectivity index (χ1n) is 6.25. The molecule has 0 radical (unpaired) electrons. The second-order valence-electron chi connectivity index (χ2n) is 4.78. The van der Waals surface area contributed by atoms with E-state index >= 15 is 0 Å². The lowest BCUT2D eigenvalue weighted by Gasteiger charge is -2.09. The molecule has 2 rings (SSSR count). The van der Waals surface area contributed by atoms with E-state index in [0.717, 1.165) is 11.9 Å². The minimum absolute atomic E-state index is 0.108. The van der Waals surface area contributed by atoms with Gasteiger partial charge in [-0.2, -0.15) is 0 Å². The Kier molecular flexibility index (Phi) is 3.99. The van der Waals surface area contributed by atoms with Crippen molar-refractivity contribution in [3.8, 4) is 0 Å². The van der Waals surface area contributed by atoms with Crippen molar-refractivity contribution in [1.82, 2.24) is 0 Å². The summed E-state index contributed by atoms with van der Waals surface area (Å²) in [6, 6.07) is 11.5. The highest BCUT2D eigenvalue weighted by molar-refractivity contribution is 7.90. The summed E-state index contributed by atoms with van der Waals surface area (Å²) in [6.07, 6.45) is 1.16. The number of sulfone groups is 1. The van der Waals surface area contributed by atoms with Crippen LogP contribution >= 0.6 is 0 Å². The van der Waals surface area contributed by atoms with Gasteiger partial charge in [0.15, 0.2) is 15.6 Å². The third-order valence-electron chi connectivity index (χ3n) is 3.00. The number of benzene rings is 2. The van der Waals surface area contributed by atoms with E-state index in [2.05, 4.69) is 5.32 Å². The normalized spacial score (nSPS) is 11.1. The maximum Gasteiger partial charge on any atom is 0.175 e. The number of rotatable bonds is 4. The second-order valence-corrected chi connectivity index (χ2v) is 6.80. The van der Waals surface area contributed by atoms with Crippen molar-refractivity contribution in [2.45, 2.75) is 11.8 Å². The number of nitrogens with one attached hydrogen (secondary N) is 1. The molecule has 3 N–H and O–H groups in total. The number of ketones is 1. The number of anilines is 3. The van der Waals surface area contributed by atoms with Crippen LogP contribution in [0, 0.1) is 0 Å². The van der Waals surface area contributed by atoms with Gasteiger partial charge in [0.2, 0.25) is 0 Å². The fourth-order valence-corrected chi connectivity index (χ4v) is 2.52. The maximum atomic E-state index is 11.5. The van der Waals surface area contributed by atoms with E-state index in [-0.39, 0.29) is 10.7 Å². The van der Waals surface area contributed by atoms with Crippen LogP contribution in [0.5, 0.6) is 0 Å². The zero-order valence-electron chi connectivity index (χ0n) is 11.8. The lowest BCUT2D eigenvalue weighted by Crippen LogP contribution is -2.01. The molecule has 2 aromatic rings. The quantitative estimate of drug-likeness (QED) is 0.669. The van der Waals surface area contributed by atoms with Gasteiger partial charge in [-0.1, -0.05) is 0 Å². The van der Waals surface area contributed by atoms with Gasteiger partial charge in [-0.15, -0.1) is 0 Å². The van der Waals surface area contributed by atoms with Crippen LogP contribution in [0.25, 0.3) is 0 Å². The summed E-state index contributed by atoms with van der Waals surface area (Å²) in [4.78, 5) is 11.7. The molecule has 0 aliphatic rings. The van der Waals surface area contributed by atoms with Gasteiger partial charge in [0, 0.05) is 28.9 Å². The maximum absolute atomic E-state index is 11.5. The summed E-state index contributed by atoms with van der Waals surface area (Å²) in [7, 11) is -3.20. The van der Waals surface area contributed by atoms with Gasteiger partial charge in [-0.05, 0) is 49.4 Å². The van der Waals surface area contributed by atoms with Crippen molar-refractivity contribution in [3.05, 3.63) is 48.0 Å². The number of carbonyl (C=O) groups is 1. The Morgan fingerprint density at radius 3 is 2.14 bits per heavy atom. The molecule has 0 saturated heterocycles. The molecule has 0 spiro atoms. The molecule has 0 bridgehead atoms. The molecule has 110 valence electrons. The Morgan fingerprint density at radius 1 is 1.05 bits per heavy atom. The smallest absolute Gasteiger partial charge is 0.175 e. The van der Waals surface area contributed by atoms with Gasteiger partial charge in [0.05, 0.1) is 4.90 Å². The molecule has 21 heavy (non-hydrogen) atoms. The van der Waals surface area contributed by atoms with Crippen molar-refractivity contribution < 1.29 is 13.2 Å². The van der Waals surface area contributed by atoms with Crippen LogP contribution in [0.3, 0.4) is 0 Å². The van der Waals surface area contributed by atoms with Crippen LogP contribution in [0.2, 0.25) is 0 Å². The van der Waals surface area contributed by atoms with E-state index in [1.807, 2.05) is 0 Å². The number of hydrogen-bond donors (Lipinski definition) is 2. The molecule has 0 aliphatic heterocycles. The predicted octanol–water partition coefficient (Wildman–Crippen LogP) is 2.62. The molecule has 6 heteroatoms. The van der Waals surface area contributed by atoms with Gasteiger partial charge in [0.25, 0.3) is 0 Å². The SMILES string of the molecule is CC(=O)c1cc(Nc2ccc(S(C)(=O)=O)cc2)ccc1N. The van der Waals surface area contributed by atoms with Crippen LogP contribution in [0.4, 0.5) is 17.1 Å². The van der Waals surface area contributed by atoms with E-state index in [4.69, 9.17) is 5.73 Å². The summed E-state index contributed by atoms with van der Waals surface area (Å²) in [5.74, 6) is -0.108. The molecule has 0 fully saturated rings.